The van der Waals surface area contributed by atoms with Gasteiger partial charge in [-0.25, -0.2) is 4.68 Å². The van der Waals surface area contributed by atoms with Crippen LogP contribution in [0.1, 0.15) is 5.56 Å². The summed E-state index contributed by atoms with van der Waals surface area (Å²) in [5.41, 5.74) is 2.41. The van der Waals surface area contributed by atoms with Crippen molar-refractivity contribution < 1.29 is 0 Å². The van der Waals surface area contributed by atoms with Crippen molar-refractivity contribution in [2.24, 2.45) is 14.1 Å². The number of nitrogens with zero attached hydrogens (tertiary/aromatic N) is 5. The fourth-order valence-electron chi connectivity index (χ4n) is 2.22. The Balaban J connectivity index is 2.43. The van der Waals surface area contributed by atoms with Gasteiger partial charge in [-0.05, 0) is 29.5 Å². The van der Waals surface area contributed by atoms with Gasteiger partial charge in [0.25, 0.3) is 0 Å². The number of rotatable bonds is 1. The SMILES string of the molecule is Cc1ccc2c(c1)c(=O)c(-c1nnnn1C)cn2C. The van der Waals surface area contributed by atoms with Crippen LogP contribution in [0.2, 0.25) is 0 Å². The molecule has 1 aromatic carbocycles. The van der Waals surface area contributed by atoms with E-state index in [0.29, 0.717) is 16.8 Å². The maximum absolute atomic E-state index is 12.6. The largest absolute Gasteiger partial charge is 0.350 e. The summed E-state index contributed by atoms with van der Waals surface area (Å²) in [6.07, 6.45) is 1.77. The molecule has 0 amide bonds. The Morgan fingerprint density at radius 3 is 2.68 bits per heavy atom. The zero-order valence-electron chi connectivity index (χ0n) is 11.0. The fraction of sp³-hybridized carbons (Fsp3) is 0.231. The van der Waals surface area contributed by atoms with Gasteiger partial charge in [0.15, 0.2) is 11.3 Å². The van der Waals surface area contributed by atoms with Gasteiger partial charge in [-0.2, -0.15) is 0 Å². The fourth-order valence-corrected chi connectivity index (χ4v) is 2.22. The van der Waals surface area contributed by atoms with Gasteiger partial charge in [-0.15, -0.1) is 5.10 Å². The van der Waals surface area contributed by atoms with Crippen molar-refractivity contribution in [2.75, 3.05) is 0 Å². The maximum Gasteiger partial charge on any atom is 0.200 e. The molecule has 0 aliphatic rings. The Morgan fingerprint density at radius 1 is 1.21 bits per heavy atom. The van der Waals surface area contributed by atoms with Crippen LogP contribution in [-0.2, 0) is 14.1 Å². The maximum atomic E-state index is 12.6. The lowest BCUT2D eigenvalue weighted by atomic mass is 10.1. The molecule has 6 nitrogen and oxygen atoms in total. The van der Waals surface area contributed by atoms with Gasteiger partial charge >= 0.3 is 0 Å². The van der Waals surface area contributed by atoms with Crippen molar-refractivity contribution in [1.82, 2.24) is 24.8 Å². The van der Waals surface area contributed by atoms with E-state index in [1.807, 2.05) is 36.7 Å². The van der Waals surface area contributed by atoms with E-state index < -0.39 is 0 Å². The summed E-state index contributed by atoms with van der Waals surface area (Å²) in [6.45, 7) is 1.97. The van der Waals surface area contributed by atoms with Crippen LogP contribution in [0, 0.1) is 6.92 Å². The second kappa shape index (κ2) is 4.01. The minimum absolute atomic E-state index is 0.0466. The monoisotopic (exact) mass is 255 g/mol. The Hall–Kier alpha value is -2.50. The normalized spacial score (nSPS) is 11.1. The van der Waals surface area contributed by atoms with Crippen molar-refractivity contribution in [3.63, 3.8) is 0 Å². The van der Waals surface area contributed by atoms with E-state index in [0.717, 1.165) is 11.1 Å². The molecule has 0 fully saturated rings. The Kier molecular flexibility index (Phi) is 2.45. The third kappa shape index (κ3) is 1.72. The lowest BCUT2D eigenvalue weighted by Crippen LogP contribution is -2.12. The second-order valence-electron chi connectivity index (χ2n) is 4.63. The molecule has 0 radical (unpaired) electrons. The average Bonchev–Trinajstić information content (AvgIpc) is 2.80. The molecule has 6 heteroatoms. The molecule has 0 aliphatic heterocycles. The molecule has 0 spiro atoms. The highest BCUT2D eigenvalue weighted by atomic mass is 16.1. The first-order valence-electron chi connectivity index (χ1n) is 5.90. The standard InChI is InChI=1S/C13H13N5O/c1-8-4-5-11-9(6-8)12(19)10(7-17(11)2)13-14-15-16-18(13)3/h4-7H,1-3H3. The smallest absolute Gasteiger partial charge is 0.200 e. The summed E-state index contributed by atoms with van der Waals surface area (Å²) < 4.78 is 3.42. The lowest BCUT2D eigenvalue weighted by Gasteiger charge is -2.08. The first kappa shape index (κ1) is 11.6. The van der Waals surface area contributed by atoms with Crippen molar-refractivity contribution in [2.45, 2.75) is 6.92 Å². The van der Waals surface area contributed by atoms with Crippen LogP contribution in [0.15, 0.2) is 29.2 Å². The van der Waals surface area contributed by atoms with Gasteiger partial charge in [0, 0.05) is 25.7 Å². The summed E-state index contributed by atoms with van der Waals surface area (Å²) >= 11 is 0. The minimum atomic E-state index is -0.0466. The molecule has 19 heavy (non-hydrogen) atoms. The molecule has 0 N–H and O–H groups in total. The van der Waals surface area contributed by atoms with Gasteiger partial charge in [-0.1, -0.05) is 11.6 Å². The summed E-state index contributed by atoms with van der Waals surface area (Å²) in [5, 5.41) is 11.9. The number of hydrogen-bond acceptors (Lipinski definition) is 4. The number of aromatic nitrogens is 5. The zero-order valence-corrected chi connectivity index (χ0v) is 11.0. The summed E-state index contributed by atoms with van der Waals surface area (Å²) in [4.78, 5) is 12.6. The number of pyridine rings is 1. The summed E-state index contributed by atoms with van der Waals surface area (Å²) in [5.74, 6) is 0.476. The molecule has 0 saturated heterocycles. The molecule has 96 valence electrons. The summed E-state index contributed by atoms with van der Waals surface area (Å²) in [7, 11) is 3.62. The van der Waals surface area contributed by atoms with Gasteiger partial charge < -0.3 is 4.57 Å². The van der Waals surface area contributed by atoms with E-state index in [-0.39, 0.29) is 5.43 Å². The first-order chi connectivity index (χ1) is 9.08. The highest BCUT2D eigenvalue weighted by molar-refractivity contribution is 5.83. The van der Waals surface area contributed by atoms with E-state index >= 15 is 0 Å². The van der Waals surface area contributed by atoms with Gasteiger partial charge in [-0.3, -0.25) is 4.79 Å². The average molecular weight is 255 g/mol. The number of fused-ring (bicyclic) bond motifs is 1. The van der Waals surface area contributed by atoms with E-state index in [2.05, 4.69) is 15.5 Å². The lowest BCUT2D eigenvalue weighted by molar-refractivity contribution is 0.714. The van der Waals surface area contributed by atoms with Crippen LogP contribution >= 0.6 is 0 Å². The van der Waals surface area contributed by atoms with Crippen LogP contribution in [-0.4, -0.2) is 24.8 Å². The molecule has 0 aliphatic carbocycles. The Morgan fingerprint density at radius 2 is 2.00 bits per heavy atom. The van der Waals surface area contributed by atoms with E-state index in [4.69, 9.17) is 0 Å². The highest BCUT2D eigenvalue weighted by Gasteiger charge is 2.14. The molecule has 0 atom stereocenters. The number of aryl methyl sites for hydroxylation is 3. The molecule has 2 aromatic heterocycles. The minimum Gasteiger partial charge on any atom is -0.350 e. The van der Waals surface area contributed by atoms with Crippen molar-refractivity contribution >= 4 is 10.9 Å². The van der Waals surface area contributed by atoms with Crippen LogP contribution in [0.3, 0.4) is 0 Å². The molecule has 0 saturated carbocycles. The van der Waals surface area contributed by atoms with Crippen LogP contribution < -0.4 is 5.43 Å². The molecule has 2 heterocycles. The number of benzene rings is 1. The van der Waals surface area contributed by atoms with Gasteiger partial charge in [0.05, 0.1) is 11.1 Å². The molecule has 3 aromatic rings. The third-order valence-corrected chi connectivity index (χ3v) is 3.21. The van der Waals surface area contributed by atoms with Crippen LogP contribution in [0.4, 0.5) is 0 Å². The topological polar surface area (TPSA) is 65.6 Å². The van der Waals surface area contributed by atoms with Crippen molar-refractivity contribution in [1.29, 1.82) is 0 Å². The van der Waals surface area contributed by atoms with Crippen LogP contribution in [0.5, 0.6) is 0 Å². The van der Waals surface area contributed by atoms with Crippen molar-refractivity contribution in [3.8, 4) is 11.4 Å². The molecule has 0 unspecified atom stereocenters. The highest BCUT2D eigenvalue weighted by Crippen LogP contribution is 2.17. The number of tetrazole rings is 1. The molecular formula is C13H13N5O. The van der Waals surface area contributed by atoms with Gasteiger partial charge in [0.2, 0.25) is 0 Å². The predicted molar refractivity (Wildman–Crippen MR) is 71.7 cm³/mol. The quantitative estimate of drug-likeness (QED) is 0.651. The number of hydrogen-bond donors (Lipinski definition) is 0. The van der Waals surface area contributed by atoms with E-state index in [1.54, 1.807) is 13.2 Å². The molecule has 0 bridgehead atoms. The summed E-state index contributed by atoms with van der Waals surface area (Å²) in [6, 6.07) is 5.83. The van der Waals surface area contributed by atoms with E-state index in [1.165, 1.54) is 4.68 Å². The van der Waals surface area contributed by atoms with Crippen molar-refractivity contribution in [3.05, 3.63) is 40.2 Å². The van der Waals surface area contributed by atoms with E-state index in [9.17, 15) is 4.79 Å². The second-order valence-corrected chi connectivity index (χ2v) is 4.63. The Bertz CT molecular complexity index is 831. The molecule has 3 rings (SSSR count). The Labute approximate surface area is 109 Å². The first-order valence-corrected chi connectivity index (χ1v) is 5.90. The molecular weight excluding hydrogens is 242 g/mol. The van der Waals surface area contributed by atoms with Gasteiger partial charge in [0.1, 0.15) is 0 Å². The predicted octanol–water partition coefficient (Wildman–Crippen LogP) is 1.04. The zero-order chi connectivity index (χ0) is 13.6. The third-order valence-electron chi connectivity index (χ3n) is 3.21. The van der Waals surface area contributed by atoms with Crippen LogP contribution in [0.25, 0.3) is 22.3 Å².